The van der Waals surface area contributed by atoms with E-state index in [1.807, 2.05) is 10.5 Å². The van der Waals surface area contributed by atoms with E-state index in [2.05, 4.69) is 15.1 Å². The molecule has 8 nitrogen and oxygen atoms in total. The molecule has 10 heteroatoms. The number of carbonyl (C=O) groups excluding carboxylic acids is 1. The van der Waals surface area contributed by atoms with Crippen LogP contribution >= 0.6 is 11.6 Å². The predicted molar refractivity (Wildman–Crippen MR) is 119 cm³/mol. The number of benzene rings is 2. The van der Waals surface area contributed by atoms with Gasteiger partial charge in [-0.1, -0.05) is 17.7 Å². The molecule has 0 aliphatic carbocycles. The summed E-state index contributed by atoms with van der Waals surface area (Å²) in [5.41, 5.74) is 1.74. The molecule has 5 rings (SSSR count). The van der Waals surface area contributed by atoms with Crippen LogP contribution in [0.2, 0.25) is 5.02 Å². The molecule has 0 unspecified atom stereocenters. The highest BCUT2D eigenvalue weighted by Crippen LogP contribution is 2.27. The van der Waals surface area contributed by atoms with Crippen molar-refractivity contribution in [2.75, 3.05) is 38.2 Å². The van der Waals surface area contributed by atoms with Crippen LogP contribution in [-0.2, 0) is 11.3 Å². The number of anilines is 1. The van der Waals surface area contributed by atoms with E-state index in [1.165, 1.54) is 12.1 Å². The van der Waals surface area contributed by atoms with Crippen LogP contribution in [0.1, 0.15) is 16.2 Å². The minimum atomic E-state index is -0.422. The number of hydrogen-bond acceptors (Lipinski definition) is 6. The van der Waals surface area contributed by atoms with Crippen LogP contribution in [0.3, 0.4) is 0 Å². The third-order valence-corrected chi connectivity index (χ3v) is 5.78. The van der Waals surface area contributed by atoms with Crippen molar-refractivity contribution in [3.05, 3.63) is 64.7 Å². The van der Waals surface area contributed by atoms with E-state index in [4.69, 9.17) is 21.3 Å². The lowest BCUT2D eigenvalue weighted by Gasteiger charge is -2.35. The first kappa shape index (κ1) is 20.6. The number of piperazine rings is 1. The van der Waals surface area contributed by atoms with Gasteiger partial charge in [-0.05, 0) is 36.4 Å². The average molecular weight is 455 g/mol. The summed E-state index contributed by atoms with van der Waals surface area (Å²) in [6, 6.07) is 11.2. The summed E-state index contributed by atoms with van der Waals surface area (Å²) in [6.07, 6.45) is 0. The molecule has 4 aromatic rings. The predicted octanol–water partition coefficient (Wildman–Crippen LogP) is 3.18. The molecular formula is C22H20ClFN6O2. The number of amides is 1. The van der Waals surface area contributed by atoms with E-state index in [0.717, 1.165) is 10.9 Å². The first-order valence-corrected chi connectivity index (χ1v) is 10.5. The second-order valence-corrected chi connectivity index (χ2v) is 8.01. The van der Waals surface area contributed by atoms with Crippen molar-refractivity contribution in [3.63, 3.8) is 0 Å². The Kier molecular flexibility index (Phi) is 5.36. The lowest BCUT2D eigenvalue weighted by atomic mass is 10.1. The molecule has 0 saturated carbocycles. The molecule has 1 saturated heterocycles. The van der Waals surface area contributed by atoms with E-state index >= 15 is 0 Å². The van der Waals surface area contributed by atoms with Crippen LogP contribution < -0.4 is 4.90 Å². The Bertz CT molecular complexity index is 1320. The number of fused-ring (bicyclic) bond motifs is 3. The van der Waals surface area contributed by atoms with Crippen LogP contribution in [-0.4, -0.2) is 63.7 Å². The maximum absolute atomic E-state index is 13.5. The number of halogens is 2. The van der Waals surface area contributed by atoms with Crippen molar-refractivity contribution in [2.45, 2.75) is 6.61 Å². The minimum Gasteiger partial charge on any atom is -0.377 e. The number of methoxy groups -OCH3 is 1. The third-order valence-electron chi connectivity index (χ3n) is 5.55. The number of nitrogens with zero attached hydrogens (tertiary/aromatic N) is 6. The maximum atomic E-state index is 13.5. The molecule has 32 heavy (non-hydrogen) atoms. The molecule has 164 valence electrons. The quantitative estimate of drug-likeness (QED) is 0.471. The zero-order chi connectivity index (χ0) is 22.2. The lowest BCUT2D eigenvalue weighted by molar-refractivity contribution is 0.0745. The normalized spacial score (nSPS) is 14.5. The Morgan fingerprint density at radius 3 is 2.69 bits per heavy atom. The fourth-order valence-corrected chi connectivity index (χ4v) is 4.16. The van der Waals surface area contributed by atoms with Gasteiger partial charge < -0.3 is 14.5 Å². The van der Waals surface area contributed by atoms with E-state index < -0.39 is 5.82 Å². The van der Waals surface area contributed by atoms with Crippen molar-refractivity contribution in [2.24, 2.45) is 0 Å². The Hall–Kier alpha value is -3.30. The maximum Gasteiger partial charge on any atom is 0.254 e. The first-order valence-electron chi connectivity index (χ1n) is 10.2. The van der Waals surface area contributed by atoms with E-state index in [-0.39, 0.29) is 12.5 Å². The standard InChI is InChI=1S/C22H20ClFN6O2/c1-32-13-19-26-27-20-17-6-5-15(23)12-18(17)25-22(30(19)20)29-9-7-28(8-10-29)21(31)14-3-2-4-16(24)11-14/h2-6,11-12H,7-10,13H2,1H3. The van der Waals surface area contributed by atoms with Crippen molar-refractivity contribution < 1.29 is 13.9 Å². The molecule has 3 heterocycles. The monoisotopic (exact) mass is 454 g/mol. The highest BCUT2D eigenvalue weighted by Gasteiger charge is 2.26. The van der Waals surface area contributed by atoms with Gasteiger partial charge in [-0.2, -0.15) is 0 Å². The lowest BCUT2D eigenvalue weighted by Crippen LogP contribution is -2.49. The number of rotatable bonds is 4. The Labute approximate surface area is 188 Å². The Morgan fingerprint density at radius 2 is 1.94 bits per heavy atom. The number of aromatic nitrogens is 4. The zero-order valence-corrected chi connectivity index (χ0v) is 18.1. The number of ether oxygens (including phenoxy) is 1. The highest BCUT2D eigenvalue weighted by molar-refractivity contribution is 6.31. The van der Waals surface area contributed by atoms with E-state index in [0.29, 0.717) is 54.2 Å². The fourth-order valence-electron chi connectivity index (χ4n) is 3.99. The van der Waals surface area contributed by atoms with Crippen LogP contribution in [0.4, 0.5) is 10.3 Å². The van der Waals surface area contributed by atoms with E-state index in [9.17, 15) is 9.18 Å². The SMILES string of the molecule is COCc1nnc2c3ccc(Cl)cc3nc(N3CCN(C(=O)c4cccc(F)c4)CC3)n12. The number of carbonyl (C=O) groups is 1. The third kappa shape index (κ3) is 3.63. The van der Waals surface area contributed by atoms with Gasteiger partial charge in [0.2, 0.25) is 5.95 Å². The smallest absolute Gasteiger partial charge is 0.254 e. The molecule has 1 fully saturated rings. The van der Waals surface area contributed by atoms with Crippen LogP contribution in [0.15, 0.2) is 42.5 Å². The van der Waals surface area contributed by atoms with Gasteiger partial charge in [0.1, 0.15) is 12.4 Å². The Morgan fingerprint density at radius 1 is 1.12 bits per heavy atom. The molecule has 0 bridgehead atoms. The van der Waals surface area contributed by atoms with Gasteiger partial charge in [-0.25, -0.2) is 13.8 Å². The van der Waals surface area contributed by atoms with Crippen molar-refractivity contribution in [1.82, 2.24) is 24.5 Å². The summed E-state index contributed by atoms with van der Waals surface area (Å²) in [7, 11) is 1.60. The van der Waals surface area contributed by atoms with Gasteiger partial charge >= 0.3 is 0 Å². The minimum absolute atomic E-state index is 0.183. The van der Waals surface area contributed by atoms with Gasteiger partial charge in [-0.3, -0.25) is 4.79 Å². The summed E-state index contributed by atoms with van der Waals surface area (Å²) >= 11 is 6.20. The molecule has 0 radical (unpaired) electrons. The van der Waals surface area contributed by atoms with Crippen molar-refractivity contribution in [1.29, 1.82) is 0 Å². The van der Waals surface area contributed by atoms with Crippen LogP contribution in [0, 0.1) is 5.82 Å². The summed E-state index contributed by atoms with van der Waals surface area (Å²) in [5, 5.41) is 10.1. The van der Waals surface area contributed by atoms with E-state index in [1.54, 1.807) is 36.3 Å². The summed E-state index contributed by atoms with van der Waals surface area (Å²) < 4.78 is 20.7. The molecule has 2 aromatic heterocycles. The zero-order valence-electron chi connectivity index (χ0n) is 17.3. The molecule has 1 amide bonds. The van der Waals surface area contributed by atoms with Crippen LogP contribution in [0.5, 0.6) is 0 Å². The molecule has 0 atom stereocenters. The second-order valence-electron chi connectivity index (χ2n) is 7.57. The first-order chi connectivity index (χ1) is 15.5. The highest BCUT2D eigenvalue weighted by atomic mass is 35.5. The summed E-state index contributed by atoms with van der Waals surface area (Å²) in [4.78, 5) is 21.5. The van der Waals surface area contributed by atoms with Gasteiger partial charge in [0.05, 0.1) is 5.52 Å². The fraction of sp³-hybridized carbons (Fsp3) is 0.273. The topological polar surface area (TPSA) is 75.9 Å². The van der Waals surface area contributed by atoms with Gasteiger partial charge in [-0.15, -0.1) is 10.2 Å². The molecular weight excluding hydrogens is 435 g/mol. The molecule has 0 N–H and O–H groups in total. The average Bonchev–Trinajstić information content (AvgIpc) is 3.22. The Balaban J connectivity index is 1.48. The molecule has 1 aliphatic rings. The summed E-state index contributed by atoms with van der Waals surface area (Å²) in [6.45, 7) is 2.36. The largest absolute Gasteiger partial charge is 0.377 e. The van der Waals surface area contributed by atoms with Gasteiger partial charge in [0.25, 0.3) is 5.91 Å². The van der Waals surface area contributed by atoms with Gasteiger partial charge in [0, 0.05) is 49.3 Å². The molecule has 0 spiro atoms. The van der Waals surface area contributed by atoms with Gasteiger partial charge in [0.15, 0.2) is 11.5 Å². The summed E-state index contributed by atoms with van der Waals surface area (Å²) in [5.74, 6) is 0.705. The van der Waals surface area contributed by atoms with Crippen molar-refractivity contribution in [3.8, 4) is 0 Å². The second kappa shape index (κ2) is 8.33. The van der Waals surface area contributed by atoms with Crippen molar-refractivity contribution >= 4 is 40.0 Å². The van der Waals surface area contributed by atoms with Crippen LogP contribution in [0.25, 0.3) is 16.6 Å². The molecule has 2 aromatic carbocycles. The number of hydrogen-bond donors (Lipinski definition) is 0. The molecule has 1 aliphatic heterocycles.